The smallest absolute Gasteiger partial charge is 0.308 e. The topological polar surface area (TPSA) is 88.5 Å². The molecule has 3 amide bonds. The molecule has 0 aliphatic carbocycles. The van der Waals surface area contributed by atoms with Crippen molar-refractivity contribution in [3.8, 4) is 0 Å². The predicted molar refractivity (Wildman–Crippen MR) is 154 cm³/mol. The molecule has 2 aliphatic rings. The minimum absolute atomic E-state index is 0.219. The van der Waals surface area contributed by atoms with Gasteiger partial charge in [-0.05, 0) is 60.2 Å². The van der Waals surface area contributed by atoms with Crippen molar-refractivity contribution in [1.82, 2.24) is 4.57 Å². The van der Waals surface area contributed by atoms with E-state index in [0.29, 0.717) is 26.2 Å². The van der Waals surface area contributed by atoms with E-state index in [-0.39, 0.29) is 17.3 Å². The number of thioether (sulfide) groups is 1. The monoisotopic (exact) mass is 631 g/mol. The van der Waals surface area contributed by atoms with E-state index in [9.17, 15) is 28.0 Å². The third-order valence-corrected chi connectivity index (χ3v) is 10.2. The minimum atomic E-state index is -0.937. The SMILES string of the molecule is O=C(Cn1c2c(sc1=O)[C@H](c1ccc(F)cc1)C1C(=O)N(c3ccc(F)cc3)C(=O)C1S2)Nc1ccc(Cl)c(Cl)c1. The molecule has 0 radical (unpaired) electrons. The first-order valence-corrected chi connectivity index (χ1v) is 14.6. The number of amides is 3. The van der Waals surface area contributed by atoms with Gasteiger partial charge in [0, 0.05) is 16.5 Å². The third-order valence-electron chi connectivity index (χ3n) is 6.87. The van der Waals surface area contributed by atoms with Crippen molar-refractivity contribution in [3.05, 3.63) is 109 Å². The van der Waals surface area contributed by atoms with Gasteiger partial charge in [0.05, 0.1) is 26.7 Å². The van der Waals surface area contributed by atoms with Crippen molar-refractivity contribution in [2.45, 2.75) is 22.7 Å². The van der Waals surface area contributed by atoms with Gasteiger partial charge < -0.3 is 5.32 Å². The number of nitrogens with zero attached hydrogens (tertiary/aromatic N) is 2. The number of hydrogen-bond acceptors (Lipinski definition) is 6. The Morgan fingerprint density at radius 3 is 2.20 bits per heavy atom. The fraction of sp³-hybridized carbons (Fsp3) is 0.143. The molecule has 0 spiro atoms. The van der Waals surface area contributed by atoms with Crippen molar-refractivity contribution >= 4 is 75.4 Å². The van der Waals surface area contributed by atoms with Crippen LogP contribution in [0.3, 0.4) is 0 Å². The van der Waals surface area contributed by atoms with Crippen molar-refractivity contribution in [2.75, 3.05) is 10.2 Å². The van der Waals surface area contributed by atoms with Crippen LogP contribution in [-0.4, -0.2) is 27.5 Å². The van der Waals surface area contributed by atoms with Crippen LogP contribution in [0.4, 0.5) is 20.2 Å². The van der Waals surface area contributed by atoms with Crippen LogP contribution in [0.5, 0.6) is 0 Å². The van der Waals surface area contributed by atoms with E-state index in [1.807, 2.05) is 0 Å². The van der Waals surface area contributed by atoms with Crippen molar-refractivity contribution in [2.24, 2.45) is 5.92 Å². The Morgan fingerprint density at radius 2 is 1.54 bits per heavy atom. The molecule has 3 aromatic carbocycles. The average molecular weight is 632 g/mol. The first kappa shape index (κ1) is 27.6. The van der Waals surface area contributed by atoms with Crippen LogP contribution in [0.15, 0.2) is 76.6 Å². The summed E-state index contributed by atoms with van der Waals surface area (Å²) in [5.74, 6) is -4.23. The first-order chi connectivity index (χ1) is 19.6. The number of rotatable bonds is 5. The maximum Gasteiger partial charge on any atom is 0.308 e. The molecule has 4 aromatic rings. The second kappa shape index (κ2) is 10.7. The van der Waals surface area contributed by atoms with Gasteiger partial charge in [0.2, 0.25) is 17.7 Å². The molecule has 208 valence electrons. The Labute approximate surface area is 249 Å². The van der Waals surface area contributed by atoms with Crippen LogP contribution in [0.2, 0.25) is 10.0 Å². The van der Waals surface area contributed by atoms with Gasteiger partial charge in [-0.2, -0.15) is 0 Å². The van der Waals surface area contributed by atoms with Crippen LogP contribution >= 0.6 is 46.3 Å². The summed E-state index contributed by atoms with van der Waals surface area (Å²) in [5.41, 5.74) is 1.14. The predicted octanol–water partition coefficient (Wildman–Crippen LogP) is 5.93. The second-order valence-electron chi connectivity index (χ2n) is 9.38. The van der Waals surface area contributed by atoms with Crippen molar-refractivity contribution < 1.29 is 23.2 Å². The Morgan fingerprint density at radius 1 is 0.878 bits per heavy atom. The van der Waals surface area contributed by atoms with E-state index in [2.05, 4.69) is 5.32 Å². The minimum Gasteiger partial charge on any atom is -0.324 e. The molecule has 3 heterocycles. The highest BCUT2D eigenvalue weighted by Crippen LogP contribution is 2.53. The summed E-state index contributed by atoms with van der Waals surface area (Å²) in [5, 5.41) is 2.68. The van der Waals surface area contributed by atoms with Gasteiger partial charge in [-0.1, -0.05) is 58.4 Å². The van der Waals surface area contributed by atoms with E-state index in [1.165, 1.54) is 53.1 Å². The Kier molecular flexibility index (Phi) is 7.23. The molecule has 41 heavy (non-hydrogen) atoms. The fourth-order valence-corrected chi connectivity index (χ4v) is 8.12. The maximum atomic E-state index is 13.8. The van der Waals surface area contributed by atoms with Crippen LogP contribution in [-0.2, 0) is 20.9 Å². The number of carbonyl (C=O) groups is 3. The molecule has 6 rings (SSSR count). The largest absolute Gasteiger partial charge is 0.324 e. The standard InChI is InChI=1S/C28H17Cl2F2N3O4S2/c29-18-10-7-16(11-19(18)30)33-20(36)12-34-27-24(41-28(34)39)21(13-1-3-14(31)4-2-13)22-23(40-27)26(38)35(25(22)37)17-8-5-15(32)6-9-17/h1-11,21-23H,12H2,(H,33,36)/t21-,22?,23?/m1/s1. The van der Waals surface area contributed by atoms with Gasteiger partial charge in [-0.25, -0.2) is 13.7 Å². The molecule has 1 fully saturated rings. The molecule has 1 saturated heterocycles. The molecular formula is C28H17Cl2F2N3O4S2. The number of fused-ring (bicyclic) bond motifs is 2. The lowest BCUT2D eigenvalue weighted by Gasteiger charge is -2.30. The summed E-state index contributed by atoms with van der Waals surface area (Å²) in [6, 6.07) is 15.1. The highest BCUT2D eigenvalue weighted by atomic mass is 35.5. The van der Waals surface area contributed by atoms with Gasteiger partial charge in [0.15, 0.2) is 0 Å². The summed E-state index contributed by atoms with van der Waals surface area (Å²) in [7, 11) is 0. The Balaban J connectivity index is 1.40. The number of thiazole rings is 1. The molecular weight excluding hydrogens is 615 g/mol. The lowest BCUT2D eigenvalue weighted by molar-refractivity contribution is -0.122. The summed E-state index contributed by atoms with van der Waals surface area (Å²) < 4.78 is 28.7. The number of carbonyl (C=O) groups excluding carboxylic acids is 3. The normalized spacial score (nSPS) is 19.7. The number of halogens is 4. The summed E-state index contributed by atoms with van der Waals surface area (Å²) in [6.07, 6.45) is 0. The number of imide groups is 1. The van der Waals surface area contributed by atoms with Gasteiger partial charge in [0.25, 0.3) is 0 Å². The van der Waals surface area contributed by atoms with Gasteiger partial charge in [0.1, 0.15) is 23.4 Å². The van der Waals surface area contributed by atoms with E-state index in [1.54, 1.807) is 6.07 Å². The zero-order valence-corrected chi connectivity index (χ0v) is 23.8. The average Bonchev–Trinajstić information content (AvgIpc) is 3.38. The van der Waals surface area contributed by atoms with Crippen LogP contribution < -0.4 is 15.1 Å². The molecule has 0 bridgehead atoms. The highest BCUT2D eigenvalue weighted by molar-refractivity contribution is 8.00. The number of benzene rings is 3. The van der Waals surface area contributed by atoms with E-state index in [0.717, 1.165) is 40.1 Å². The number of nitrogens with one attached hydrogen (secondary N) is 1. The first-order valence-electron chi connectivity index (χ1n) is 12.2. The van der Waals surface area contributed by atoms with E-state index < -0.39 is 51.3 Å². The van der Waals surface area contributed by atoms with E-state index >= 15 is 0 Å². The molecule has 0 saturated carbocycles. The molecule has 1 aromatic heterocycles. The maximum absolute atomic E-state index is 13.8. The van der Waals surface area contributed by atoms with E-state index in [4.69, 9.17) is 23.2 Å². The summed E-state index contributed by atoms with van der Waals surface area (Å²) in [4.78, 5) is 54.7. The molecule has 13 heteroatoms. The van der Waals surface area contributed by atoms with Crippen LogP contribution in [0.1, 0.15) is 16.4 Å². The zero-order valence-electron chi connectivity index (χ0n) is 20.6. The zero-order chi connectivity index (χ0) is 29.0. The number of hydrogen-bond donors (Lipinski definition) is 1. The molecule has 3 atom stereocenters. The Bertz CT molecular complexity index is 1780. The fourth-order valence-electron chi connectivity index (χ4n) is 5.05. The number of aromatic nitrogens is 1. The Hall–Kier alpha value is -3.51. The molecule has 2 aliphatic heterocycles. The summed E-state index contributed by atoms with van der Waals surface area (Å²) >= 11 is 13.9. The molecule has 7 nitrogen and oxygen atoms in total. The molecule has 1 N–H and O–H groups in total. The van der Waals surface area contributed by atoms with Crippen molar-refractivity contribution in [1.29, 1.82) is 0 Å². The van der Waals surface area contributed by atoms with Crippen LogP contribution in [0.25, 0.3) is 0 Å². The van der Waals surface area contributed by atoms with Gasteiger partial charge >= 0.3 is 4.87 Å². The second-order valence-corrected chi connectivity index (χ2v) is 12.3. The van der Waals surface area contributed by atoms with Gasteiger partial charge in [-0.3, -0.25) is 23.7 Å². The lowest BCUT2D eigenvalue weighted by atomic mass is 9.83. The summed E-state index contributed by atoms with van der Waals surface area (Å²) in [6.45, 7) is -0.366. The lowest BCUT2D eigenvalue weighted by Crippen LogP contribution is -2.33. The van der Waals surface area contributed by atoms with Gasteiger partial charge in [-0.15, -0.1) is 0 Å². The highest BCUT2D eigenvalue weighted by Gasteiger charge is 2.56. The van der Waals surface area contributed by atoms with Crippen LogP contribution in [0, 0.1) is 17.6 Å². The van der Waals surface area contributed by atoms with Crippen molar-refractivity contribution in [3.63, 3.8) is 0 Å². The quantitative estimate of drug-likeness (QED) is 0.276. The number of anilines is 2. The molecule has 2 unspecified atom stereocenters. The third kappa shape index (κ3) is 4.97.